The summed E-state index contributed by atoms with van der Waals surface area (Å²) in [5, 5.41) is 10.9. The maximum absolute atomic E-state index is 12.4. The Morgan fingerprint density at radius 2 is 2.04 bits per heavy atom. The zero-order chi connectivity index (χ0) is 17.5. The molecule has 2 aromatic rings. The predicted molar refractivity (Wildman–Crippen MR) is 92.8 cm³/mol. The normalized spacial score (nSPS) is 10.5. The Morgan fingerprint density at radius 3 is 2.75 bits per heavy atom. The number of aromatic nitrogens is 2. The van der Waals surface area contributed by atoms with E-state index in [1.54, 1.807) is 24.3 Å². The number of thioether (sulfide) groups is 1. The number of hydrogen-bond acceptors (Lipinski definition) is 8. The van der Waals surface area contributed by atoms with Crippen LogP contribution in [0.15, 0.2) is 28.6 Å². The zero-order valence-electron chi connectivity index (χ0n) is 13.4. The maximum atomic E-state index is 12.4. The second-order valence-electron chi connectivity index (χ2n) is 4.85. The van der Waals surface area contributed by atoms with Crippen LogP contribution in [-0.4, -0.2) is 41.0 Å². The number of benzene rings is 1. The van der Waals surface area contributed by atoms with Gasteiger partial charge in [-0.25, -0.2) is 0 Å². The van der Waals surface area contributed by atoms with Crippen molar-refractivity contribution in [3.63, 3.8) is 0 Å². The largest absolute Gasteiger partial charge is 0.490 e. The molecule has 0 radical (unpaired) electrons. The lowest BCUT2D eigenvalue weighted by Crippen LogP contribution is -2.15. The van der Waals surface area contributed by atoms with Crippen LogP contribution in [0.2, 0.25) is 0 Å². The molecule has 1 amide bonds. The lowest BCUT2D eigenvalue weighted by atomic mass is 10.2. The number of nitrogens with zero attached hydrogens (tertiary/aromatic N) is 2. The van der Waals surface area contributed by atoms with Gasteiger partial charge in [-0.05, 0) is 26.0 Å². The average molecular weight is 367 g/mol. The van der Waals surface area contributed by atoms with E-state index in [4.69, 9.17) is 4.74 Å². The van der Waals surface area contributed by atoms with Crippen molar-refractivity contribution in [3.05, 3.63) is 29.8 Å². The minimum Gasteiger partial charge on any atom is -0.490 e. The highest BCUT2D eigenvalue weighted by Gasteiger charge is 2.16. The van der Waals surface area contributed by atoms with Crippen LogP contribution in [0.5, 0.6) is 5.75 Å². The van der Waals surface area contributed by atoms with Crippen LogP contribution in [0.1, 0.15) is 24.2 Å². The Morgan fingerprint density at radius 1 is 1.29 bits per heavy atom. The van der Waals surface area contributed by atoms with Crippen LogP contribution in [0.25, 0.3) is 0 Å². The van der Waals surface area contributed by atoms with Crippen molar-refractivity contribution in [3.8, 4) is 5.75 Å². The number of nitrogens with one attached hydrogen (secondary N) is 1. The van der Waals surface area contributed by atoms with Crippen molar-refractivity contribution in [2.24, 2.45) is 0 Å². The van der Waals surface area contributed by atoms with Gasteiger partial charge in [0, 0.05) is 0 Å². The van der Waals surface area contributed by atoms with E-state index in [0.29, 0.717) is 20.8 Å². The molecule has 0 saturated heterocycles. The fourth-order valence-electron chi connectivity index (χ4n) is 1.67. The molecule has 0 aliphatic rings. The standard InChI is InChI=1S/C15H17N3O4S2/c1-9(2)22-11-7-5-4-6-10(11)13(20)16-14-17-18-15(24-14)23-8-12(19)21-3/h4-7,9H,8H2,1-3H3,(H,16,17,20). The Balaban J connectivity index is 2.03. The molecule has 1 heterocycles. The van der Waals surface area contributed by atoms with E-state index >= 15 is 0 Å². The third kappa shape index (κ3) is 5.20. The van der Waals surface area contributed by atoms with Gasteiger partial charge in [-0.2, -0.15) is 0 Å². The monoisotopic (exact) mass is 367 g/mol. The summed E-state index contributed by atoms with van der Waals surface area (Å²) in [5.74, 6) is -0.0216. The van der Waals surface area contributed by atoms with Gasteiger partial charge in [0.25, 0.3) is 5.91 Å². The highest BCUT2D eigenvalue weighted by Crippen LogP contribution is 2.27. The molecule has 1 aromatic heterocycles. The number of methoxy groups -OCH3 is 1. The molecular formula is C15H17N3O4S2. The first kappa shape index (κ1) is 18.2. The van der Waals surface area contributed by atoms with E-state index in [-0.39, 0.29) is 23.7 Å². The van der Waals surface area contributed by atoms with Gasteiger partial charge in [-0.15, -0.1) is 10.2 Å². The van der Waals surface area contributed by atoms with Gasteiger partial charge < -0.3 is 9.47 Å². The number of para-hydroxylation sites is 1. The Hall–Kier alpha value is -2.13. The van der Waals surface area contributed by atoms with Crippen LogP contribution < -0.4 is 10.1 Å². The highest BCUT2D eigenvalue weighted by atomic mass is 32.2. The van der Waals surface area contributed by atoms with Crippen molar-refractivity contribution >= 4 is 40.1 Å². The number of anilines is 1. The molecule has 0 unspecified atom stereocenters. The van der Waals surface area contributed by atoms with Crippen LogP contribution in [0.4, 0.5) is 5.13 Å². The predicted octanol–water partition coefficient (Wildman–Crippen LogP) is 2.84. The van der Waals surface area contributed by atoms with Crippen molar-refractivity contribution in [1.82, 2.24) is 10.2 Å². The molecule has 24 heavy (non-hydrogen) atoms. The molecule has 1 N–H and O–H groups in total. The van der Waals surface area contributed by atoms with Crippen molar-refractivity contribution < 1.29 is 19.1 Å². The summed E-state index contributed by atoms with van der Waals surface area (Å²) in [7, 11) is 1.32. The van der Waals surface area contributed by atoms with Crippen LogP contribution in [0.3, 0.4) is 0 Å². The number of amides is 1. The Kier molecular flexibility index (Phi) is 6.56. The van der Waals surface area contributed by atoms with Crippen molar-refractivity contribution in [1.29, 1.82) is 0 Å². The minimum absolute atomic E-state index is 0.0400. The van der Waals surface area contributed by atoms with Gasteiger partial charge in [0.1, 0.15) is 5.75 Å². The molecule has 0 aliphatic carbocycles. The van der Waals surface area contributed by atoms with Crippen molar-refractivity contribution in [2.45, 2.75) is 24.3 Å². The molecule has 0 atom stereocenters. The SMILES string of the molecule is COC(=O)CSc1nnc(NC(=O)c2ccccc2OC(C)C)s1. The second-order valence-corrected chi connectivity index (χ2v) is 7.05. The number of ether oxygens (including phenoxy) is 2. The maximum Gasteiger partial charge on any atom is 0.316 e. The first-order valence-electron chi connectivity index (χ1n) is 7.09. The molecule has 1 aromatic carbocycles. The molecule has 0 fully saturated rings. The van der Waals surface area contributed by atoms with E-state index in [0.717, 1.165) is 0 Å². The molecule has 0 aliphatic heterocycles. The highest BCUT2D eigenvalue weighted by molar-refractivity contribution is 8.01. The topological polar surface area (TPSA) is 90.4 Å². The quantitative estimate of drug-likeness (QED) is 0.457. The smallest absolute Gasteiger partial charge is 0.316 e. The number of carbonyl (C=O) groups excluding carboxylic acids is 2. The first-order valence-corrected chi connectivity index (χ1v) is 8.90. The van der Waals surface area contributed by atoms with Gasteiger partial charge in [0.2, 0.25) is 5.13 Å². The molecule has 0 bridgehead atoms. The molecule has 9 heteroatoms. The van der Waals surface area contributed by atoms with Gasteiger partial charge >= 0.3 is 5.97 Å². The van der Waals surface area contributed by atoms with E-state index in [9.17, 15) is 9.59 Å². The van der Waals surface area contributed by atoms with Gasteiger partial charge in [0.15, 0.2) is 4.34 Å². The summed E-state index contributed by atoms with van der Waals surface area (Å²) in [6, 6.07) is 6.99. The summed E-state index contributed by atoms with van der Waals surface area (Å²) in [4.78, 5) is 23.5. The summed E-state index contributed by atoms with van der Waals surface area (Å²) in [6.07, 6.45) is -0.0400. The summed E-state index contributed by atoms with van der Waals surface area (Å²) in [6.45, 7) is 3.79. The zero-order valence-corrected chi connectivity index (χ0v) is 15.1. The summed E-state index contributed by atoms with van der Waals surface area (Å²) in [5.41, 5.74) is 0.421. The minimum atomic E-state index is -0.347. The fourth-order valence-corrected chi connectivity index (χ4v) is 3.25. The second kappa shape index (κ2) is 8.65. The van der Waals surface area contributed by atoms with E-state index < -0.39 is 0 Å². The summed E-state index contributed by atoms with van der Waals surface area (Å²) >= 11 is 2.39. The lowest BCUT2D eigenvalue weighted by Gasteiger charge is -2.13. The third-order valence-electron chi connectivity index (χ3n) is 2.66. The van der Waals surface area contributed by atoms with Gasteiger partial charge in [-0.3, -0.25) is 14.9 Å². The van der Waals surface area contributed by atoms with Crippen LogP contribution in [0, 0.1) is 0 Å². The molecule has 128 valence electrons. The molecular weight excluding hydrogens is 350 g/mol. The van der Waals surface area contributed by atoms with E-state index in [2.05, 4.69) is 20.3 Å². The summed E-state index contributed by atoms with van der Waals surface area (Å²) < 4.78 is 10.8. The number of rotatable bonds is 7. The number of esters is 1. The van der Waals surface area contributed by atoms with Gasteiger partial charge in [0.05, 0.1) is 24.5 Å². The first-order chi connectivity index (χ1) is 11.5. The average Bonchev–Trinajstić information content (AvgIpc) is 2.99. The Bertz CT molecular complexity index is 718. The lowest BCUT2D eigenvalue weighted by molar-refractivity contribution is -0.137. The Labute approximate surface area is 147 Å². The molecule has 2 rings (SSSR count). The van der Waals surface area contributed by atoms with Crippen LogP contribution in [-0.2, 0) is 9.53 Å². The van der Waals surface area contributed by atoms with Crippen LogP contribution >= 0.6 is 23.1 Å². The van der Waals surface area contributed by atoms with Gasteiger partial charge in [-0.1, -0.05) is 35.2 Å². The number of carbonyl (C=O) groups is 2. The van der Waals surface area contributed by atoms with Crippen molar-refractivity contribution in [2.75, 3.05) is 18.2 Å². The molecule has 0 saturated carbocycles. The fraction of sp³-hybridized carbons (Fsp3) is 0.333. The molecule has 0 spiro atoms. The van der Waals surface area contributed by atoms with E-state index in [1.807, 2.05) is 13.8 Å². The number of hydrogen-bond donors (Lipinski definition) is 1. The van der Waals surface area contributed by atoms with E-state index in [1.165, 1.54) is 30.2 Å². The molecule has 7 nitrogen and oxygen atoms in total. The third-order valence-corrected chi connectivity index (χ3v) is 4.61.